The fourth-order valence-electron chi connectivity index (χ4n) is 1.92. The Balaban J connectivity index is 2.82. The second kappa shape index (κ2) is 4.92. The van der Waals surface area contributed by atoms with Gasteiger partial charge in [-0.2, -0.15) is 0 Å². The Kier molecular flexibility index (Phi) is 3.30. The van der Waals surface area contributed by atoms with Gasteiger partial charge in [0.15, 0.2) is 0 Å². The lowest BCUT2D eigenvalue weighted by Crippen LogP contribution is -2.17. The lowest BCUT2D eigenvalue weighted by atomic mass is 10.0. The quantitative estimate of drug-likeness (QED) is 0.632. The van der Waals surface area contributed by atoms with Gasteiger partial charge in [-0.25, -0.2) is 9.97 Å². The van der Waals surface area contributed by atoms with Gasteiger partial charge in [0, 0.05) is 6.07 Å². The van der Waals surface area contributed by atoms with Gasteiger partial charge in [0.2, 0.25) is 5.95 Å². The number of primary amides is 1. The predicted molar refractivity (Wildman–Crippen MR) is 71.8 cm³/mol. The Morgan fingerprint density at radius 2 is 1.95 bits per heavy atom. The zero-order chi connectivity index (χ0) is 14.9. The lowest BCUT2D eigenvalue weighted by Gasteiger charge is -2.09. The molecule has 0 spiro atoms. The third-order valence-electron chi connectivity index (χ3n) is 2.71. The largest absolute Gasteiger partial charge is 0.368 e. The molecule has 0 aliphatic carbocycles. The number of carbonyl (C=O) groups is 1. The topological polar surface area (TPSA) is 138 Å². The SMILES string of the molecule is Cc1nc(N)nc(-c2ccccc2[N+](=O)[O-])c1C(N)=O. The summed E-state index contributed by atoms with van der Waals surface area (Å²) in [6.07, 6.45) is 0. The van der Waals surface area contributed by atoms with Crippen LogP contribution in [0.3, 0.4) is 0 Å². The zero-order valence-electron chi connectivity index (χ0n) is 10.5. The van der Waals surface area contributed by atoms with E-state index in [1.165, 1.54) is 25.1 Å². The Morgan fingerprint density at radius 3 is 2.55 bits per heavy atom. The molecule has 1 amide bonds. The van der Waals surface area contributed by atoms with Crippen LogP contribution in [0.15, 0.2) is 24.3 Å². The van der Waals surface area contributed by atoms with E-state index in [9.17, 15) is 14.9 Å². The van der Waals surface area contributed by atoms with Crippen LogP contribution in [0.1, 0.15) is 16.1 Å². The molecular weight excluding hydrogens is 262 g/mol. The molecule has 0 saturated carbocycles. The van der Waals surface area contributed by atoms with Gasteiger partial charge in [-0.15, -0.1) is 0 Å². The highest BCUT2D eigenvalue weighted by Crippen LogP contribution is 2.31. The van der Waals surface area contributed by atoms with Gasteiger partial charge in [0.05, 0.1) is 27.4 Å². The highest BCUT2D eigenvalue weighted by molar-refractivity contribution is 6.00. The van der Waals surface area contributed by atoms with Crippen molar-refractivity contribution in [3.8, 4) is 11.3 Å². The Bertz CT molecular complexity index is 714. The maximum atomic E-state index is 11.5. The first-order chi connectivity index (χ1) is 9.41. The van der Waals surface area contributed by atoms with Crippen LogP contribution in [-0.2, 0) is 0 Å². The van der Waals surface area contributed by atoms with Gasteiger partial charge in [0.1, 0.15) is 0 Å². The van der Waals surface area contributed by atoms with Crippen molar-refractivity contribution in [2.24, 2.45) is 5.73 Å². The van der Waals surface area contributed by atoms with E-state index in [2.05, 4.69) is 9.97 Å². The van der Waals surface area contributed by atoms with Crippen molar-refractivity contribution in [3.05, 3.63) is 45.6 Å². The van der Waals surface area contributed by atoms with E-state index in [4.69, 9.17) is 11.5 Å². The molecule has 0 bridgehead atoms. The number of aromatic nitrogens is 2. The lowest BCUT2D eigenvalue weighted by molar-refractivity contribution is -0.384. The van der Waals surface area contributed by atoms with Crippen LogP contribution in [0.4, 0.5) is 11.6 Å². The van der Waals surface area contributed by atoms with Gasteiger partial charge in [-0.05, 0) is 13.0 Å². The Morgan fingerprint density at radius 1 is 1.30 bits per heavy atom. The molecule has 2 aromatic rings. The summed E-state index contributed by atoms with van der Waals surface area (Å²) in [5.74, 6) is -0.851. The fraction of sp³-hybridized carbons (Fsp3) is 0.0833. The minimum Gasteiger partial charge on any atom is -0.368 e. The molecule has 2 rings (SSSR count). The third-order valence-corrected chi connectivity index (χ3v) is 2.71. The van der Waals surface area contributed by atoms with Crippen LogP contribution in [0.25, 0.3) is 11.3 Å². The summed E-state index contributed by atoms with van der Waals surface area (Å²) in [6, 6.07) is 5.91. The average Bonchev–Trinajstić information content (AvgIpc) is 2.37. The molecule has 8 nitrogen and oxygen atoms in total. The number of nitrogens with zero attached hydrogens (tertiary/aromatic N) is 3. The second-order valence-electron chi connectivity index (χ2n) is 4.03. The van der Waals surface area contributed by atoms with Crippen LogP contribution in [0.2, 0.25) is 0 Å². The molecule has 102 valence electrons. The number of anilines is 1. The third kappa shape index (κ3) is 2.26. The molecular formula is C12H11N5O3. The van der Waals surface area contributed by atoms with E-state index in [0.717, 1.165) is 0 Å². The summed E-state index contributed by atoms with van der Waals surface area (Å²) < 4.78 is 0. The van der Waals surface area contributed by atoms with Gasteiger partial charge in [-0.1, -0.05) is 12.1 Å². The van der Waals surface area contributed by atoms with Gasteiger partial charge < -0.3 is 11.5 Å². The molecule has 1 aromatic carbocycles. The summed E-state index contributed by atoms with van der Waals surface area (Å²) in [5, 5.41) is 11.1. The molecule has 20 heavy (non-hydrogen) atoms. The Labute approximate surface area is 113 Å². The minimum absolute atomic E-state index is 0.0218. The molecule has 0 fully saturated rings. The van der Waals surface area contributed by atoms with E-state index >= 15 is 0 Å². The minimum atomic E-state index is -0.768. The van der Waals surface area contributed by atoms with E-state index < -0.39 is 10.8 Å². The number of benzene rings is 1. The molecule has 1 heterocycles. The summed E-state index contributed by atoms with van der Waals surface area (Å²) in [7, 11) is 0. The van der Waals surface area contributed by atoms with Crippen LogP contribution in [-0.4, -0.2) is 20.8 Å². The first-order valence-electron chi connectivity index (χ1n) is 5.59. The predicted octanol–water partition coefficient (Wildman–Crippen LogP) is 1.04. The smallest absolute Gasteiger partial charge is 0.278 e. The number of nitrogen functional groups attached to an aromatic ring is 1. The summed E-state index contributed by atoms with van der Waals surface area (Å²) in [6.45, 7) is 1.54. The van der Waals surface area contributed by atoms with Gasteiger partial charge in [-0.3, -0.25) is 14.9 Å². The van der Waals surface area contributed by atoms with Crippen molar-refractivity contribution >= 4 is 17.5 Å². The molecule has 0 unspecified atom stereocenters. The summed E-state index contributed by atoms with van der Waals surface area (Å²) in [4.78, 5) is 29.8. The zero-order valence-corrected chi connectivity index (χ0v) is 10.5. The molecule has 8 heteroatoms. The fourth-order valence-corrected chi connectivity index (χ4v) is 1.92. The molecule has 1 aromatic heterocycles. The molecule has 0 aliphatic rings. The molecule has 4 N–H and O–H groups in total. The van der Waals surface area contributed by atoms with Crippen molar-refractivity contribution in [1.29, 1.82) is 0 Å². The Hall–Kier alpha value is -3.03. The number of carbonyl (C=O) groups excluding carboxylic acids is 1. The molecule has 0 aliphatic heterocycles. The first kappa shape index (κ1) is 13.4. The van der Waals surface area contributed by atoms with Crippen LogP contribution in [0, 0.1) is 17.0 Å². The van der Waals surface area contributed by atoms with Crippen LogP contribution >= 0.6 is 0 Å². The number of hydrogen-bond donors (Lipinski definition) is 2. The van der Waals surface area contributed by atoms with Crippen LogP contribution in [0.5, 0.6) is 0 Å². The highest BCUT2D eigenvalue weighted by Gasteiger charge is 2.23. The van der Waals surface area contributed by atoms with Crippen molar-refractivity contribution in [2.75, 3.05) is 5.73 Å². The average molecular weight is 273 g/mol. The summed E-state index contributed by atoms with van der Waals surface area (Å²) in [5.41, 5.74) is 11.2. The molecule has 0 saturated heterocycles. The number of nitrogens with two attached hydrogens (primary N) is 2. The molecule has 0 atom stereocenters. The van der Waals surface area contributed by atoms with E-state index in [0.29, 0.717) is 0 Å². The number of nitro benzene ring substituents is 1. The maximum Gasteiger partial charge on any atom is 0.278 e. The van der Waals surface area contributed by atoms with Crippen molar-refractivity contribution in [2.45, 2.75) is 6.92 Å². The monoisotopic (exact) mass is 273 g/mol. The number of rotatable bonds is 3. The second-order valence-corrected chi connectivity index (χ2v) is 4.03. The maximum absolute atomic E-state index is 11.5. The van der Waals surface area contributed by atoms with E-state index in [-0.39, 0.29) is 34.2 Å². The highest BCUT2D eigenvalue weighted by atomic mass is 16.6. The van der Waals surface area contributed by atoms with E-state index in [1.54, 1.807) is 6.07 Å². The summed E-state index contributed by atoms with van der Waals surface area (Å²) >= 11 is 0. The molecule has 0 radical (unpaired) electrons. The van der Waals surface area contributed by atoms with Gasteiger partial charge in [0.25, 0.3) is 11.6 Å². The van der Waals surface area contributed by atoms with Gasteiger partial charge >= 0.3 is 0 Å². The number of nitro groups is 1. The number of hydrogen-bond acceptors (Lipinski definition) is 6. The number of amides is 1. The van der Waals surface area contributed by atoms with Crippen molar-refractivity contribution < 1.29 is 9.72 Å². The standard InChI is InChI=1S/C12H11N5O3/c1-6-9(11(13)18)10(16-12(14)15-6)7-4-2-3-5-8(7)17(19)20/h2-5H,1H3,(H2,13,18)(H2,14,15,16). The van der Waals surface area contributed by atoms with Crippen molar-refractivity contribution in [3.63, 3.8) is 0 Å². The van der Waals surface area contributed by atoms with Crippen molar-refractivity contribution in [1.82, 2.24) is 9.97 Å². The number of para-hydroxylation sites is 1. The normalized spacial score (nSPS) is 10.2. The van der Waals surface area contributed by atoms with Crippen LogP contribution < -0.4 is 11.5 Å². The number of aryl methyl sites for hydroxylation is 1. The first-order valence-corrected chi connectivity index (χ1v) is 5.59. The van der Waals surface area contributed by atoms with E-state index in [1.807, 2.05) is 0 Å².